The van der Waals surface area contributed by atoms with E-state index in [4.69, 9.17) is 4.74 Å². The van der Waals surface area contributed by atoms with Gasteiger partial charge in [-0.05, 0) is 47.4 Å². The van der Waals surface area contributed by atoms with E-state index in [2.05, 4.69) is 26.0 Å². The van der Waals surface area contributed by atoms with Gasteiger partial charge < -0.3 is 10.1 Å². The number of ether oxygens (including phenoxy) is 1. The molecule has 8 heteroatoms. The minimum Gasteiger partial charge on any atom is -0.383 e. The van der Waals surface area contributed by atoms with E-state index in [1.54, 1.807) is 31.4 Å². The Morgan fingerprint density at radius 1 is 1.43 bits per heavy atom. The van der Waals surface area contributed by atoms with Gasteiger partial charge in [-0.25, -0.2) is 13.1 Å². The lowest BCUT2D eigenvalue weighted by molar-refractivity contribution is 0.122. The molecule has 0 radical (unpaired) electrons. The minimum absolute atomic E-state index is 0. The van der Waals surface area contributed by atoms with Gasteiger partial charge in [-0.1, -0.05) is 12.1 Å². The van der Waals surface area contributed by atoms with Crippen molar-refractivity contribution in [3.8, 4) is 0 Å². The smallest absolute Gasteiger partial charge is 0.241 e. The highest BCUT2D eigenvalue weighted by Crippen LogP contribution is 2.23. The molecular formula is C13H20BrClN2O3S. The molecule has 0 aliphatic carbocycles. The Morgan fingerprint density at radius 3 is 2.71 bits per heavy atom. The molecule has 1 fully saturated rings. The summed E-state index contributed by atoms with van der Waals surface area (Å²) in [5, 5.41) is 3.35. The number of methoxy groups -OCH3 is 1. The Hall–Kier alpha value is -0.180. The van der Waals surface area contributed by atoms with E-state index in [-0.39, 0.29) is 22.8 Å². The number of benzene rings is 1. The van der Waals surface area contributed by atoms with Crippen LogP contribution in [-0.4, -0.2) is 40.8 Å². The normalized spacial score (nSPS) is 22.0. The second-order valence-corrected chi connectivity index (χ2v) is 7.59. The molecule has 0 aromatic heterocycles. The molecule has 2 N–H and O–H groups in total. The summed E-state index contributed by atoms with van der Waals surface area (Å²) in [7, 11) is -1.90. The standard InChI is InChI=1S/C13H19BrN2O3S.ClH/c1-19-10-13(7-4-8-15-13)9-16-20(17,18)12-6-3-2-5-11(12)14;/h2-3,5-6,15-16H,4,7-10H2,1H3;1H. The number of hydrogen-bond acceptors (Lipinski definition) is 4. The van der Waals surface area contributed by atoms with Crippen LogP contribution < -0.4 is 10.0 Å². The summed E-state index contributed by atoms with van der Waals surface area (Å²) in [5.41, 5.74) is -0.303. The maximum absolute atomic E-state index is 12.3. The predicted molar refractivity (Wildman–Crippen MR) is 88.4 cm³/mol. The van der Waals surface area contributed by atoms with Gasteiger partial charge in [0.15, 0.2) is 0 Å². The maximum Gasteiger partial charge on any atom is 0.241 e. The van der Waals surface area contributed by atoms with Crippen LogP contribution in [0.5, 0.6) is 0 Å². The second-order valence-electron chi connectivity index (χ2n) is 5.00. The van der Waals surface area contributed by atoms with E-state index in [1.165, 1.54) is 0 Å². The first-order valence-corrected chi connectivity index (χ1v) is 8.75. The molecule has 1 saturated heterocycles. The number of rotatable bonds is 6. The van der Waals surface area contributed by atoms with E-state index < -0.39 is 10.0 Å². The molecule has 21 heavy (non-hydrogen) atoms. The van der Waals surface area contributed by atoms with Crippen molar-refractivity contribution in [3.63, 3.8) is 0 Å². The molecule has 1 aromatic carbocycles. The summed E-state index contributed by atoms with van der Waals surface area (Å²) in [6.07, 6.45) is 1.93. The topological polar surface area (TPSA) is 67.4 Å². The van der Waals surface area contributed by atoms with Crippen LogP contribution in [0.25, 0.3) is 0 Å². The molecule has 1 heterocycles. The second kappa shape index (κ2) is 7.89. The van der Waals surface area contributed by atoms with Gasteiger partial charge >= 0.3 is 0 Å². The van der Waals surface area contributed by atoms with Crippen molar-refractivity contribution in [2.45, 2.75) is 23.3 Å². The first kappa shape index (κ1) is 18.9. The fraction of sp³-hybridized carbons (Fsp3) is 0.538. The van der Waals surface area contributed by atoms with Crippen molar-refractivity contribution in [1.29, 1.82) is 0 Å². The largest absolute Gasteiger partial charge is 0.383 e. The van der Waals surface area contributed by atoms with Gasteiger partial charge in [0.25, 0.3) is 0 Å². The van der Waals surface area contributed by atoms with Crippen molar-refractivity contribution >= 4 is 38.4 Å². The van der Waals surface area contributed by atoms with Gasteiger partial charge in [-0.3, -0.25) is 0 Å². The Labute approximate surface area is 140 Å². The molecule has 0 saturated carbocycles. The maximum atomic E-state index is 12.3. The highest BCUT2D eigenvalue weighted by atomic mass is 79.9. The highest BCUT2D eigenvalue weighted by molar-refractivity contribution is 9.10. The van der Waals surface area contributed by atoms with Gasteiger partial charge in [-0.2, -0.15) is 0 Å². The van der Waals surface area contributed by atoms with Crippen molar-refractivity contribution in [3.05, 3.63) is 28.7 Å². The number of sulfonamides is 1. The average molecular weight is 400 g/mol. The fourth-order valence-corrected chi connectivity index (χ4v) is 4.57. The van der Waals surface area contributed by atoms with Crippen LogP contribution in [0.2, 0.25) is 0 Å². The summed E-state index contributed by atoms with van der Waals surface area (Å²) in [6.45, 7) is 1.70. The number of hydrogen-bond donors (Lipinski definition) is 2. The molecule has 2 rings (SSSR count). The molecule has 0 spiro atoms. The Kier molecular flexibility index (Phi) is 7.09. The monoisotopic (exact) mass is 398 g/mol. The Balaban J connectivity index is 0.00000220. The number of halogens is 2. The van der Waals surface area contributed by atoms with E-state index >= 15 is 0 Å². The summed E-state index contributed by atoms with van der Waals surface area (Å²) < 4.78 is 33.2. The third-order valence-electron chi connectivity index (χ3n) is 3.48. The fourth-order valence-electron chi connectivity index (χ4n) is 2.44. The van der Waals surface area contributed by atoms with Crippen molar-refractivity contribution in [1.82, 2.24) is 10.0 Å². The lowest BCUT2D eigenvalue weighted by Crippen LogP contribution is -2.52. The molecular weight excluding hydrogens is 380 g/mol. The van der Waals surface area contributed by atoms with Crippen LogP contribution in [-0.2, 0) is 14.8 Å². The quantitative estimate of drug-likeness (QED) is 0.767. The van der Waals surface area contributed by atoms with Crippen molar-refractivity contribution in [2.24, 2.45) is 0 Å². The Bertz CT molecular complexity index is 562. The van der Waals surface area contributed by atoms with Gasteiger partial charge in [0.1, 0.15) is 0 Å². The van der Waals surface area contributed by atoms with Crippen LogP contribution in [0.15, 0.2) is 33.6 Å². The molecule has 1 atom stereocenters. The lowest BCUT2D eigenvalue weighted by Gasteiger charge is -2.28. The summed E-state index contributed by atoms with van der Waals surface area (Å²) >= 11 is 3.27. The molecule has 5 nitrogen and oxygen atoms in total. The van der Waals surface area contributed by atoms with Crippen LogP contribution >= 0.6 is 28.3 Å². The molecule has 1 aliphatic heterocycles. The summed E-state index contributed by atoms with van der Waals surface area (Å²) in [4.78, 5) is 0.255. The van der Waals surface area contributed by atoms with Crippen molar-refractivity contribution < 1.29 is 13.2 Å². The van der Waals surface area contributed by atoms with Crippen LogP contribution in [0.3, 0.4) is 0 Å². The van der Waals surface area contributed by atoms with Gasteiger partial charge in [0, 0.05) is 18.1 Å². The lowest BCUT2D eigenvalue weighted by atomic mass is 9.99. The van der Waals surface area contributed by atoms with Gasteiger partial charge in [0.2, 0.25) is 10.0 Å². The zero-order valence-corrected chi connectivity index (χ0v) is 15.0. The number of nitrogens with one attached hydrogen (secondary N) is 2. The van der Waals surface area contributed by atoms with Gasteiger partial charge in [0.05, 0.1) is 17.0 Å². The SMILES string of the molecule is COCC1(CNS(=O)(=O)c2ccccc2Br)CCCN1.Cl. The molecule has 1 unspecified atom stereocenters. The zero-order valence-electron chi connectivity index (χ0n) is 11.8. The average Bonchev–Trinajstić information content (AvgIpc) is 2.87. The third kappa shape index (κ3) is 4.64. The summed E-state index contributed by atoms with van der Waals surface area (Å²) in [5.74, 6) is 0. The van der Waals surface area contributed by atoms with E-state index in [1.807, 2.05) is 0 Å². The van der Waals surface area contributed by atoms with Gasteiger partial charge in [-0.15, -0.1) is 12.4 Å². The van der Waals surface area contributed by atoms with E-state index in [0.29, 0.717) is 17.6 Å². The third-order valence-corrected chi connectivity index (χ3v) is 5.89. The molecule has 0 amide bonds. The molecule has 0 bridgehead atoms. The zero-order chi connectivity index (χ0) is 14.6. The predicted octanol–water partition coefficient (Wildman–Crippen LogP) is 1.92. The van der Waals surface area contributed by atoms with Crippen LogP contribution in [0, 0.1) is 0 Å². The van der Waals surface area contributed by atoms with E-state index in [9.17, 15) is 8.42 Å². The first-order valence-electron chi connectivity index (χ1n) is 6.47. The molecule has 120 valence electrons. The van der Waals surface area contributed by atoms with Crippen LogP contribution in [0.1, 0.15) is 12.8 Å². The molecule has 1 aliphatic rings. The highest BCUT2D eigenvalue weighted by Gasteiger charge is 2.35. The first-order chi connectivity index (χ1) is 9.49. The van der Waals surface area contributed by atoms with Crippen molar-refractivity contribution in [2.75, 3.05) is 26.8 Å². The molecule has 1 aromatic rings. The minimum atomic E-state index is -3.53. The summed E-state index contributed by atoms with van der Waals surface area (Å²) in [6, 6.07) is 6.79. The van der Waals surface area contributed by atoms with Crippen LogP contribution in [0.4, 0.5) is 0 Å². The van der Waals surface area contributed by atoms with E-state index in [0.717, 1.165) is 19.4 Å². The Morgan fingerprint density at radius 2 is 2.14 bits per heavy atom.